The van der Waals surface area contributed by atoms with Crippen LogP contribution in [0.25, 0.3) is 0 Å². The van der Waals surface area contributed by atoms with Crippen LogP contribution in [0.1, 0.15) is 43.7 Å². The van der Waals surface area contributed by atoms with Gasteiger partial charge in [-0.1, -0.05) is 32.9 Å². The van der Waals surface area contributed by atoms with Gasteiger partial charge in [0, 0.05) is 0 Å². The summed E-state index contributed by atoms with van der Waals surface area (Å²) in [5.41, 5.74) is 7.29. The minimum Gasteiger partial charge on any atom is -0.330 e. The average Bonchev–Trinajstić information content (AvgIpc) is 2.15. The molecule has 2 heteroatoms. The van der Waals surface area contributed by atoms with Gasteiger partial charge in [0.15, 0.2) is 0 Å². The maximum Gasteiger partial charge on any atom is 0.126 e. The van der Waals surface area contributed by atoms with Crippen molar-refractivity contribution in [2.24, 2.45) is 5.73 Å². The molecule has 0 fully saturated rings. The summed E-state index contributed by atoms with van der Waals surface area (Å²) in [4.78, 5) is 0. The molecule has 78 valence electrons. The van der Waals surface area contributed by atoms with Crippen LogP contribution in [0, 0.1) is 5.82 Å². The summed E-state index contributed by atoms with van der Waals surface area (Å²) in [6.07, 6.45) is 0. The highest BCUT2D eigenvalue weighted by Crippen LogP contribution is 2.22. The van der Waals surface area contributed by atoms with Crippen molar-refractivity contribution in [1.82, 2.24) is 0 Å². The molecule has 1 aromatic rings. The van der Waals surface area contributed by atoms with Gasteiger partial charge in [-0.25, -0.2) is 4.39 Å². The van der Waals surface area contributed by atoms with Gasteiger partial charge in [0.1, 0.15) is 5.82 Å². The van der Waals surface area contributed by atoms with Crippen LogP contribution in [0.15, 0.2) is 18.2 Å². The quantitative estimate of drug-likeness (QED) is 0.788. The zero-order chi connectivity index (χ0) is 10.7. The first-order valence-electron chi connectivity index (χ1n) is 5.05. The molecule has 1 nitrogen and oxygen atoms in total. The number of rotatable bonds is 3. The van der Waals surface area contributed by atoms with Crippen molar-refractivity contribution < 1.29 is 4.39 Å². The van der Waals surface area contributed by atoms with Gasteiger partial charge in [0.25, 0.3) is 0 Å². The van der Waals surface area contributed by atoms with Gasteiger partial charge in [-0.2, -0.15) is 0 Å². The van der Waals surface area contributed by atoms with Gasteiger partial charge in [-0.05, 0) is 35.6 Å². The molecule has 1 rings (SSSR count). The van der Waals surface area contributed by atoms with Gasteiger partial charge >= 0.3 is 0 Å². The average molecular weight is 195 g/mol. The van der Waals surface area contributed by atoms with E-state index in [1.807, 2.05) is 32.9 Å². The normalized spacial score (nSPS) is 13.3. The molecule has 0 heterocycles. The zero-order valence-electron chi connectivity index (χ0n) is 9.05. The summed E-state index contributed by atoms with van der Waals surface area (Å²) >= 11 is 0. The third kappa shape index (κ3) is 2.32. The molecule has 1 unspecified atom stereocenters. The summed E-state index contributed by atoms with van der Waals surface area (Å²) in [6.45, 7) is 6.54. The second kappa shape index (κ2) is 4.56. The highest BCUT2D eigenvalue weighted by molar-refractivity contribution is 5.28. The molecule has 0 aliphatic heterocycles. The van der Waals surface area contributed by atoms with Gasteiger partial charge in [-0.3, -0.25) is 0 Å². The van der Waals surface area contributed by atoms with E-state index < -0.39 is 0 Å². The Hall–Kier alpha value is -0.890. The van der Waals surface area contributed by atoms with Crippen LogP contribution in [-0.2, 0) is 0 Å². The number of benzene rings is 1. The van der Waals surface area contributed by atoms with E-state index in [1.54, 1.807) is 6.07 Å². The summed E-state index contributed by atoms with van der Waals surface area (Å²) in [6, 6.07) is 5.43. The van der Waals surface area contributed by atoms with Gasteiger partial charge in [0.05, 0.1) is 0 Å². The van der Waals surface area contributed by atoms with Crippen molar-refractivity contribution in [3.63, 3.8) is 0 Å². The van der Waals surface area contributed by atoms with Gasteiger partial charge < -0.3 is 5.73 Å². The topological polar surface area (TPSA) is 26.0 Å². The Labute approximate surface area is 85.1 Å². The molecular formula is C12H18FN. The molecule has 0 radical (unpaired) electrons. The molecule has 0 aliphatic rings. The Kier molecular flexibility index (Phi) is 3.64. The number of halogens is 1. The standard InChI is InChI=1S/C12H18FN/c1-8(2)11-5-4-10(6-12(11)13)9(3)7-14/h4-6,8-9H,7,14H2,1-3H3. The smallest absolute Gasteiger partial charge is 0.126 e. The van der Waals surface area contributed by atoms with Crippen LogP contribution in [-0.4, -0.2) is 6.54 Å². The lowest BCUT2D eigenvalue weighted by Gasteiger charge is -2.12. The van der Waals surface area contributed by atoms with E-state index in [2.05, 4.69) is 0 Å². The van der Waals surface area contributed by atoms with Crippen molar-refractivity contribution in [3.8, 4) is 0 Å². The monoisotopic (exact) mass is 195 g/mol. The van der Waals surface area contributed by atoms with Crippen LogP contribution in [0.3, 0.4) is 0 Å². The molecule has 0 saturated heterocycles. The van der Waals surface area contributed by atoms with Crippen molar-refractivity contribution >= 4 is 0 Å². The van der Waals surface area contributed by atoms with Crippen molar-refractivity contribution in [1.29, 1.82) is 0 Å². The van der Waals surface area contributed by atoms with Crippen LogP contribution in [0.5, 0.6) is 0 Å². The van der Waals surface area contributed by atoms with Crippen LogP contribution in [0.4, 0.5) is 4.39 Å². The van der Waals surface area contributed by atoms with E-state index in [9.17, 15) is 4.39 Å². The van der Waals surface area contributed by atoms with Crippen molar-refractivity contribution in [2.75, 3.05) is 6.54 Å². The fraction of sp³-hybridized carbons (Fsp3) is 0.500. The van der Waals surface area contributed by atoms with Crippen LogP contribution >= 0.6 is 0 Å². The lowest BCUT2D eigenvalue weighted by molar-refractivity contribution is 0.593. The molecular weight excluding hydrogens is 177 g/mol. The van der Waals surface area contributed by atoms with E-state index in [1.165, 1.54) is 0 Å². The van der Waals surface area contributed by atoms with Crippen LogP contribution < -0.4 is 5.73 Å². The predicted molar refractivity (Wildman–Crippen MR) is 58.0 cm³/mol. The first-order chi connectivity index (χ1) is 6.56. The molecule has 1 atom stereocenters. The Morgan fingerprint density at radius 1 is 1.29 bits per heavy atom. The van der Waals surface area contributed by atoms with Crippen LogP contribution in [0.2, 0.25) is 0 Å². The molecule has 0 aliphatic carbocycles. The molecule has 0 bridgehead atoms. The lowest BCUT2D eigenvalue weighted by Crippen LogP contribution is -2.09. The lowest BCUT2D eigenvalue weighted by atomic mass is 9.96. The highest BCUT2D eigenvalue weighted by Gasteiger charge is 2.09. The van der Waals surface area contributed by atoms with E-state index in [4.69, 9.17) is 5.73 Å². The highest BCUT2D eigenvalue weighted by atomic mass is 19.1. The second-order valence-electron chi connectivity index (χ2n) is 4.07. The predicted octanol–water partition coefficient (Wildman–Crippen LogP) is 3.01. The molecule has 2 N–H and O–H groups in total. The molecule has 0 aromatic heterocycles. The molecule has 14 heavy (non-hydrogen) atoms. The van der Waals surface area contributed by atoms with Crippen molar-refractivity contribution in [3.05, 3.63) is 35.1 Å². The second-order valence-corrected chi connectivity index (χ2v) is 4.07. The Morgan fingerprint density at radius 2 is 1.93 bits per heavy atom. The molecule has 1 aromatic carbocycles. The summed E-state index contributed by atoms with van der Waals surface area (Å²) in [5.74, 6) is 0.348. The zero-order valence-corrected chi connectivity index (χ0v) is 9.05. The van der Waals surface area contributed by atoms with E-state index >= 15 is 0 Å². The van der Waals surface area contributed by atoms with Gasteiger partial charge in [-0.15, -0.1) is 0 Å². The van der Waals surface area contributed by atoms with E-state index in [0.29, 0.717) is 6.54 Å². The third-order valence-corrected chi connectivity index (χ3v) is 2.57. The number of hydrogen-bond donors (Lipinski definition) is 1. The minimum absolute atomic E-state index is 0.113. The molecule has 0 saturated carbocycles. The number of hydrogen-bond acceptors (Lipinski definition) is 1. The van der Waals surface area contributed by atoms with Gasteiger partial charge in [0.2, 0.25) is 0 Å². The number of nitrogens with two attached hydrogens (primary N) is 1. The summed E-state index contributed by atoms with van der Waals surface area (Å²) in [7, 11) is 0. The fourth-order valence-electron chi connectivity index (χ4n) is 1.45. The third-order valence-electron chi connectivity index (χ3n) is 2.57. The Morgan fingerprint density at radius 3 is 2.36 bits per heavy atom. The molecule has 0 spiro atoms. The summed E-state index contributed by atoms with van der Waals surface area (Å²) < 4.78 is 13.6. The van der Waals surface area contributed by atoms with E-state index in [-0.39, 0.29) is 17.7 Å². The fourth-order valence-corrected chi connectivity index (χ4v) is 1.45. The molecule has 0 amide bonds. The minimum atomic E-state index is -0.113. The van der Waals surface area contributed by atoms with Crippen molar-refractivity contribution in [2.45, 2.75) is 32.6 Å². The first-order valence-corrected chi connectivity index (χ1v) is 5.05. The van der Waals surface area contributed by atoms with E-state index in [0.717, 1.165) is 11.1 Å². The Bertz CT molecular complexity index is 307. The largest absolute Gasteiger partial charge is 0.330 e. The summed E-state index contributed by atoms with van der Waals surface area (Å²) in [5, 5.41) is 0. The maximum atomic E-state index is 13.6. The SMILES string of the molecule is CC(C)c1ccc(C(C)CN)cc1F. The Balaban J connectivity index is 3.00. The first kappa shape index (κ1) is 11.2. The maximum absolute atomic E-state index is 13.6.